The number of halogens is 1. The molecule has 0 amide bonds. The number of hydrogen-bond acceptors (Lipinski definition) is 10. The molecule has 2 N–H and O–H groups in total. The Hall–Kier alpha value is -3.46. The van der Waals surface area contributed by atoms with Gasteiger partial charge in [-0.25, -0.2) is 9.78 Å². The molecular formula is C29H42FN5O6. The fourth-order valence-electron chi connectivity index (χ4n) is 4.79. The molecule has 3 heterocycles. The fourth-order valence-corrected chi connectivity index (χ4v) is 4.79. The van der Waals surface area contributed by atoms with Gasteiger partial charge in [-0.05, 0) is 12.8 Å². The van der Waals surface area contributed by atoms with Gasteiger partial charge in [0, 0.05) is 12.8 Å². The zero-order valence-corrected chi connectivity index (χ0v) is 24.1. The Bertz CT molecular complexity index is 1180. The molecular weight excluding hydrogens is 533 g/mol. The Labute approximate surface area is 240 Å². The number of imidazole rings is 1. The van der Waals surface area contributed by atoms with E-state index < -0.39 is 36.1 Å². The number of esters is 1. The van der Waals surface area contributed by atoms with Crippen molar-refractivity contribution < 1.29 is 32.9 Å². The van der Waals surface area contributed by atoms with Crippen molar-refractivity contribution in [2.24, 2.45) is 0 Å². The molecule has 0 unspecified atom stereocenters. The minimum absolute atomic E-state index is 0.0431. The average Bonchev–Trinajstić information content (AvgIpc) is 3.53. The van der Waals surface area contributed by atoms with E-state index in [1.807, 2.05) is 0 Å². The van der Waals surface area contributed by atoms with Gasteiger partial charge in [-0.1, -0.05) is 77.6 Å². The van der Waals surface area contributed by atoms with E-state index in [1.165, 1.54) is 30.2 Å². The predicted octanol–water partition coefficient (Wildman–Crippen LogP) is 5.62. The summed E-state index contributed by atoms with van der Waals surface area (Å²) in [5.41, 5.74) is 4.44. The third-order valence-corrected chi connectivity index (χ3v) is 7.15. The molecule has 3 atom stereocenters. The van der Waals surface area contributed by atoms with Crippen LogP contribution in [0.5, 0.6) is 0 Å². The lowest BCUT2D eigenvalue weighted by molar-refractivity contribution is -0.157. The van der Waals surface area contributed by atoms with Gasteiger partial charge in [0.05, 0.1) is 12.9 Å². The molecule has 0 aromatic carbocycles. The smallest absolute Gasteiger partial charge is 0.461 e. The maximum absolute atomic E-state index is 14.0. The van der Waals surface area contributed by atoms with Crippen molar-refractivity contribution in [3.8, 4) is 12.3 Å². The number of aromatic nitrogens is 4. The summed E-state index contributed by atoms with van der Waals surface area (Å²) in [6.45, 7) is 4.12. The number of hydrogen-bond donors (Lipinski definition) is 1. The molecule has 3 rings (SSSR count). The minimum atomic E-state index is -1.62. The number of ether oxygens (including phenoxy) is 4. The first-order valence-electron chi connectivity index (χ1n) is 14.6. The van der Waals surface area contributed by atoms with Gasteiger partial charge in [-0.3, -0.25) is 9.36 Å². The predicted molar refractivity (Wildman–Crippen MR) is 150 cm³/mol. The summed E-state index contributed by atoms with van der Waals surface area (Å²) in [5, 5.41) is 0. The zero-order valence-electron chi connectivity index (χ0n) is 24.1. The highest BCUT2D eigenvalue weighted by Gasteiger charge is 2.52. The lowest BCUT2D eigenvalue weighted by atomic mass is 9.98. The number of terminal acetylenes is 1. The second kappa shape index (κ2) is 16.1. The Morgan fingerprint density at radius 3 is 2.49 bits per heavy atom. The standard InChI is InChI=1S/C29H42FN5O6/c1-4-7-9-11-12-13-14-16-23(36)39-19-29(6-3)21(40-28(37)38-17-15-10-8-5-2)18-22(41-29)35-20-32-24-25(31)33-27(30)34-26(24)35/h3,20-22H,4-5,7-19H2,1-2H3,(H2,31,33,34)/t21-,22+,29+/m0/s1. The quantitative estimate of drug-likeness (QED) is 0.109. The molecule has 2 aromatic heterocycles. The first-order valence-corrected chi connectivity index (χ1v) is 14.6. The third kappa shape index (κ3) is 9.01. The van der Waals surface area contributed by atoms with Crippen LogP contribution in [0, 0.1) is 18.4 Å². The summed E-state index contributed by atoms with van der Waals surface area (Å²) >= 11 is 0. The number of nitrogens with two attached hydrogens (primary N) is 1. The molecule has 11 nitrogen and oxygen atoms in total. The van der Waals surface area contributed by atoms with Crippen LogP contribution in [0.4, 0.5) is 15.0 Å². The Morgan fingerprint density at radius 2 is 1.78 bits per heavy atom. The van der Waals surface area contributed by atoms with Crippen molar-refractivity contribution in [1.29, 1.82) is 0 Å². The summed E-state index contributed by atoms with van der Waals surface area (Å²) in [7, 11) is 0. The molecule has 0 radical (unpaired) electrons. The number of fused-ring (bicyclic) bond motifs is 1. The van der Waals surface area contributed by atoms with Crippen molar-refractivity contribution in [2.75, 3.05) is 18.9 Å². The van der Waals surface area contributed by atoms with Crippen LogP contribution < -0.4 is 5.73 Å². The number of carbonyl (C=O) groups excluding carboxylic acids is 2. The lowest BCUT2D eigenvalue weighted by Gasteiger charge is -2.28. The normalized spacial score (nSPS) is 20.1. The number of anilines is 1. The Morgan fingerprint density at radius 1 is 1.10 bits per heavy atom. The summed E-state index contributed by atoms with van der Waals surface area (Å²) in [5.74, 6) is 1.98. The van der Waals surface area contributed by atoms with Crippen molar-refractivity contribution in [1.82, 2.24) is 19.5 Å². The van der Waals surface area contributed by atoms with E-state index in [0.29, 0.717) is 12.8 Å². The van der Waals surface area contributed by atoms with Crippen LogP contribution in [0.1, 0.15) is 104 Å². The molecule has 226 valence electrons. The molecule has 1 aliphatic heterocycles. The highest BCUT2D eigenvalue weighted by Crippen LogP contribution is 2.40. The second-order valence-electron chi connectivity index (χ2n) is 10.3. The van der Waals surface area contributed by atoms with Crippen LogP contribution in [-0.2, 0) is 23.7 Å². The van der Waals surface area contributed by atoms with Crippen LogP contribution in [0.25, 0.3) is 11.2 Å². The van der Waals surface area contributed by atoms with E-state index >= 15 is 0 Å². The molecule has 12 heteroatoms. The number of unbranched alkanes of at least 4 members (excludes halogenated alkanes) is 9. The van der Waals surface area contributed by atoms with E-state index in [-0.39, 0.29) is 43.0 Å². The maximum atomic E-state index is 14.0. The molecule has 0 spiro atoms. The molecule has 0 aliphatic carbocycles. The van der Waals surface area contributed by atoms with Crippen LogP contribution in [0.15, 0.2) is 6.33 Å². The monoisotopic (exact) mass is 575 g/mol. The molecule has 1 aliphatic rings. The molecule has 1 saturated heterocycles. The number of carbonyl (C=O) groups is 2. The molecule has 0 bridgehead atoms. The molecule has 1 fully saturated rings. The first-order chi connectivity index (χ1) is 19.8. The largest absolute Gasteiger partial charge is 0.508 e. The third-order valence-electron chi connectivity index (χ3n) is 7.15. The van der Waals surface area contributed by atoms with E-state index in [1.54, 1.807) is 0 Å². The molecule has 2 aromatic rings. The van der Waals surface area contributed by atoms with Gasteiger partial charge in [0.2, 0.25) is 5.60 Å². The van der Waals surface area contributed by atoms with E-state index in [4.69, 9.17) is 31.1 Å². The zero-order chi connectivity index (χ0) is 29.7. The molecule has 41 heavy (non-hydrogen) atoms. The summed E-state index contributed by atoms with van der Waals surface area (Å²) < 4.78 is 38.0. The van der Waals surface area contributed by atoms with Gasteiger partial charge in [-0.15, -0.1) is 6.42 Å². The van der Waals surface area contributed by atoms with E-state index in [0.717, 1.165) is 38.5 Å². The number of rotatable bonds is 17. The summed E-state index contributed by atoms with van der Waals surface area (Å²) in [4.78, 5) is 36.6. The molecule has 0 saturated carbocycles. The van der Waals surface area contributed by atoms with Crippen molar-refractivity contribution >= 4 is 29.1 Å². The van der Waals surface area contributed by atoms with Gasteiger partial charge < -0.3 is 24.7 Å². The van der Waals surface area contributed by atoms with Gasteiger partial charge >= 0.3 is 18.2 Å². The highest BCUT2D eigenvalue weighted by atomic mass is 19.1. The second-order valence-corrected chi connectivity index (χ2v) is 10.3. The Kier molecular flexibility index (Phi) is 12.6. The summed E-state index contributed by atoms with van der Waals surface area (Å²) in [6.07, 6.45) is 14.9. The SMILES string of the molecule is C#C[C@]1(COC(=O)CCCCCCCCC)O[C@@H](n2cnc3c(N)nc(F)nc32)C[C@@H]1OC(=O)OCCCCCC. The van der Waals surface area contributed by atoms with Crippen molar-refractivity contribution in [2.45, 2.75) is 115 Å². The Balaban J connectivity index is 1.68. The van der Waals surface area contributed by atoms with Gasteiger partial charge in [0.1, 0.15) is 12.8 Å². The van der Waals surface area contributed by atoms with E-state index in [9.17, 15) is 14.0 Å². The summed E-state index contributed by atoms with van der Waals surface area (Å²) in [6, 6.07) is 0. The maximum Gasteiger partial charge on any atom is 0.508 e. The van der Waals surface area contributed by atoms with Gasteiger partial charge in [-0.2, -0.15) is 14.4 Å². The van der Waals surface area contributed by atoms with Crippen molar-refractivity contribution in [3.05, 3.63) is 12.4 Å². The average molecular weight is 576 g/mol. The highest BCUT2D eigenvalue weighted by molar-refractivity contribution is 5.81. The topological polar surface area (TPSA) is 141 Å². The van der Waals surface area contributed by atoms with Crippen LogP contribution in [0.3, 0.4) is 0 Å². The minimum Gasteiger partial charge on any atom is -0.461 e. The van der Waals surface area contributed by atoms with Crippen molar-refractivity contribution in [3.63, 3.8) is 0 Å². The van der Waals surface area contributed by atoms with E-state index in [2.05, 4.69) is 34.7 Å². The van der Waals surface area contributed by atoms with Gasteiger partial charge in [0.25, 0.3) is 0 Å². The van der Waals surface area contributed by atoms with Gasteiger partial charge in [0.15, 0.2) is 23.1 Å². The fraction of sp³-hybridized carbons (Fsp3) is 0.690. The van der Waals surface area contributed by atoms with Crippen LogP contribution in [0.2, 0.25) is 0 Å². The first kappa shape index (κ1) is 32.1. The van der Waals surface area contributed by atoms with Crippen LogP contribution >= 0.6 is 0 Å². The number of nitrogen functional groups attached to an aromatic ring is 1. The number of nitrogens with zero attached hydrogens (tertiary/aromatic N) is 4. The lowest BCUT2D eigenvalue weighted by Crippen LogP contribution is -2.45. The van der Waals surface area contributed by atoms with Crippen LogP contribution in [-0.4, -0.2) is 56.6 Å².